The number of nitrogens with zero attached hydrogens (tertiary/aromatic N) is 3. The van der Waals surface area contributed by atoms with Gasteiger partial charge >= 0.3 is 0 Å². The molecule has 0 unspecified atom stereocenters. The van der Waals surface area contributed by atoms with Gasteiger partial charge in [-0.05, 0) is 57.2 Å². The summed E-state index contributed by atoms with van der Waals surface area (Å²) < 4.78 is 0. The second kappa shape index (κ2) is 9.58. The monoisotopic (exact) mass is 470 g/mol. The summed E-state index contributed by atoms with van der Waals surface area (Å²) in [5.74, 6) is 1.12. The summed E-state index contributed by atoms with van der Waals surface area (Å²) >= 11 is 0. The summed E-state index contributed by atoms with van der Waals surface area (Å²) in [5, 5.41) is 3.58. The van der Waals surface area contributed by atoms with Crippen molar-refractivity contribution in [3.63, 3.8) is 0 Å². The quantitative estimate of drug-likeness (QED) is 0.407. The number of likely N-dealkylation sites (tertiary alicyclic amines) is 1. The molecule has 1 saturated heterocycles. The van der Waals surface area contributed by atoms with Gasteiger partial charge in [-0.2, -0.15) is 0 Å². The molecule has 0 aromatic heterocycles. The second-order valence-electron chi connectivity index (χ2n) is 7.46. The highest BCUT2D eigenvalue weighted by atomic mass is 127. The Balaban J connectivity index is 0.00000243. The highest BCUT2D eigenvalue weighted by molar-refractivity contribution is 14.0. The molecule has 1 heterocycles. The van der Waals surface area contributed by atoms with Crippen LogP contribution in [-0.2, 0) is 6.54 Å². The maximum Gasteiger partial charge on any atom is 0.253 e. The van der Waals surface area contributed by atoms with Crippen molar-refractivity contribution in [3.05, 3.63) is 35.4 Å². The molecular formula is C20H31IN4O. The van der Waals surface area contributed by atoms with Gasteiger partial charge in [0.05, 0.1) is 6.54 Å². The van der Waals surface area contributed by atoms with Gasteiger partial charge in [0.1, 0.15) is 0 Å². The normalized spacial score (nSPS) is 17.2. The van der Waals surface area contributed by atoms with Crippen molar-refractivity contribution in [1.29, 1.82) is 0 Å². The fourth-order valence-corrected chi connectivity index (χ4v) is 2.93. The zero-order valence-corrected chi connectivity index (χ0v) is 18.4. The molecule has 0 atom stereocenters. The topological polar surface area (TPSA) is 47.9 Å². The lowest BCUT2D eigenvalue weighted by molar-refractivity contribution is 0.0755. The Morgan fingerprint density at radius 3 is 2.38 bits per heavy atom. The maximum atomic E-state index is 12.3. The van der Waals surface area contributed by atoms with Crippen LogP contribution in [0.4, 0.5) is 0 Å². The van der Waals surface area contributed by atoms with Crippen LogP contribution in [0.5, 0.6) is 0 Å². The van der Waals surface area contributed by atoms with Crippen molar-refractivity contribution < 1.29 is 4.79 Å². The minimum atomic E-state index is 0. The van der Waals surface area contributed by atoms with Crippen molar-refractivity contribution in [2.75, 3.05) is 20.1 Å². The lowest BCUT2D eigenvalue weighted by Gasteiger charge is -2.22. The highest BCUT2D eigenvalue weighted by Crippen LogP contribution is 2.20. The molecule has 6 heteroatoms. The second-order valence-corrected chi connectivity index (χ2v) is 7.46. The fraction of sp³-hybridized carbons (Fsp3) is 0.600. The molecule has 2 aliphatic rings. The van der Waals surface area contributed by atoms with Crippen molar-refractivity contribution >= 4 is 35.8 Å². The van der Waals surface area contributed by atoms with E-state index in [9.17, 15) is 4.79 Å². The summed E-state index contributed by atoms with van der Waals surface area (Å²) in [6.07, 6.45) is 5.02. The van der Waals surface area contributed by atoms with Crippen molar-refractivity contribution in [2.45, 2.75) is 58.2 Å². The van der Waals surface area contributed by atoms with E-state index in [-0.39, 0.29) is 35.9 Å². The van der Waals surface area contributed by atoms with Gasteiger partial charge in [-0.1, -0.05) is 12.1 Å². The first-order valence-corrected chi connectivity index (χ1v) is 9.46. The van der Waals surface area contributed by atoms with Crippen molar-refractivity contribution in [1.82, 2.24) is 15.1 Å². The molecule has 0 spiro atoms. The number of benzene rings is 1. The maximum absolute atomic E-state index is 12.3. The van der Waals surface area contributed by atoms with E-state index in [1.54, 1.807) is 4.90 Å². The zero-order valence-electron chi connectivity index (χ0n) is 16.1. The number of halogens is 1. The number of nitrogens with one attached hydrogen (secondary N) is 1. The largest absolute Gasteiger partial charge is 0.353 e. The summed E-state index contributed by atoms with van der Waals surface area (Å²) in [4.78, 5) is 21.3. The SMILES string of the molecule is CC(C)N(C)C(=O)c1ccc(CN=C(NC2CC2)N2CCCC2)cc1.I. The molecular weight excluding hydrogens is 439 g/mol. The highest BCUT2D eigenvalue weighted by Gasteiger charge is 2.25. The van der Waals surface area contributed by atoms with Crippen LogP contribution in [0.2, 0.25) is 0 Å². The van der Waals surface area contributed by atoms with Crippen LogP contribution in [-0.4, -0.2) is 53.9 Å². The first-order chi connectivity index (χ1) is 12.0. The molecule has 1 aromatic carbocycles. The summed E-state index contributed by atoms with van der Waals surface area (Å²) in [5.41, 5.74) is 1.87. The average molecular weight is 470 g/mol. The Morgan fingerprint density at radius 1 is 1.23 bits per heavy atom. The molecule has 1 aromatic rings. The van der Waals surface area contributed by atoms with Gasteiger partial charge in [-0.3, -0.25) is 4.79 Å². The Kier molecular flexibility index (Phi) is 7.73. The molecule has 0 radical (unpaired) electrons. The molecule has 1 aliphatic carbocycles. The molecule has 1 saturated carbocycles. The lowest BCUT2D eigenvalue weighted by Crippen LogP contribution is -2.40. The van der Waals surface area contributed by atoms with Crippen LogP contribution in [0.25, 0.3) is 0 Å². The molecule has 5 nitrogen and oxygen atoms in total. The molecule has 1 aliphatic heterocycles. The third-order valence-corrected chi connectivity index (χ3v) is 5.02. The number of hydrogen-bond acceptors (Lipinski definition) is 2. The summed E-state index contributed by atoms with van der Waals surface area (Å²) in [7, 11) is 1.84. The van der Waals surface area contributed by atoms with Crippen LogP contribution in [0, 0.1) is 0 Å². The number of rotatable bonds is 5. The minimum Gasteiger partial charge on any atom is -0.353 e. The third kappa shape index (κ3) is 5.59. The van der Waals surface area contributed by atoms with E-state index in [1.807, 2.05) is 45.2 Å². The third-order valence-electron chi connectivity index (χ3n) is 5.02. The predicted octanol–water partition coefficient (Wildman–Crippen LogP) is 3.49. The Labute approximate surface area is 174 Å². The number of hydrogen-bond donors (Lipinski definition) is 1. The number of amides is 1. The Bertz CT molecular complexity index is 619. The van der Waals surface area contributed by atoms with Gasteiger partial charge in [0, 0.05) is 37.8 Å². The van der Waals surface area contributed by atoms with Crippen molar-refractivity contribution in [3.8, 4) is 0 Å². The molecule has 1 N–H and O–H groups in total. The van der Waals surface area contributed by atoms with Crippen LogP contribution in [0.1, 0.15) is 55.5 Å². The van der Waals surface area contributed by atoms with E-state index in [0.29, 0.717) is 12.6 Å². The van der Waals surface area contributed by atoms with E-state index in [0.717, 1.165) is 30.2 Å². The Morgan fingerprint density at radius 2 is 1.85 bits per heavy atom. The van der Waals surface area contributed by atoms with Gasteiger partial charge in [0.15, 0.2) is 5.96 Å². The predicted molar refractivity (Wildman–Crippen MR) is 117 cm³/mol. The van der Waals surface area contributed by atoms with Crippen molar-refractivity contribution in [2.24, 2.45) is 4.99 Å². The number of guanidine groups is 1. The summed E-state index contributed by atoms with van der Waals surface area (Å²) in [6, 6.07) is 8.68. The van der Waals surface area contributed by atoms with Crippen LogP contribution in [0.15, 0.2) is 29.3 Å². The van der Waals surface area contributed by atoms with E-state index in [2.05, 4.69) is 10.2 Å². The van der Waals surface area contributed by atoms with Gasteiger partial charge in [0.25, 0.3) is 5.91 Å². The van der Waals surface area contributed by atoms with Gasteiger partial charge in [-0.25, -0.2) is 4.99 Å². The Hall–Kier alpha value is -1.31. The van der Waals surface area contributed by atoms with E-state index in [4.69, 9.17) is 4.99 Å². The van der Waals surface area contributed by atoms with E-state index >= 15 is 0 Å². The molecule has 26 heavy (non-hydrogen) atoms. The van der Waals surface area contributed by atoms with Gasteiger partial charge < -0.3 is 15.1 Å². The van der Waals surface area contributed by atoms with Crippen LogP contribution in [0.3, 0.4) is 0 Å². The molecule has 0 bridgehead atoms. The minimum absolute atomic E-state index is 0. The van der Waals surface area contributed by atoms with Crippen LogP contribution >= 0.6 is 24.0 Å². The first-order valence-electron chi connectivity index (χ1n) is 9.46. The number of carbonyl (C=O) groups is 1. The molecule has 144 valence electrons. The first kappa shape index (κ1) is 21.0. The summed E-state index contributed by atoms with van der Waals surface area (Å²) in [6.45, 7) is 6.91. The number of carbonyl (C=O) groups excluding carboxylic acids is 1. The van der Waals surface area contributed by atoms with Crippen LogP contribution < -0.4 is 5.32 Å². The van der Waals surface area contributed by atoms with E-state index in [1.165, 1.54) is 25.7 Å². The van der Waals surface area contributed by atoms with E-state index < -0.39 is 0 Å². The fourth-order valence-electron chi connectivity index (χ4n) is 2.93. The standard InChI is InChI=1S/C20H30N4O.HI/c1-15(2)23(3)19(25)17-8-6-16(7-9-17)14-21-20(22-18-10-11-18)24-12-4-5-13-24;/h6-9,15,18H,4-5,10-14H2,1-3H3,(H,21,22);1H. The smallest absolute Gasteiger partial charge is 0.253 e. The van der Waals surface area contributed by atoms with Gasteiger partial charge in [0.2, 0.25) is 0 Å². The number of aliphatic imine (C=N–C) groups is 1. The lowest BCUT2D eigenvalue weighted by atomic mass is 10.1. The zero-order chi connectivity index (χ0) is 17.8. The van der Waals surface area contributed by atoms with Gasteiger partial charge in [-0.15, -0.1) is 24.0 Å². The molecule has 1 amide bonds. The molecule has 2 fully saturated rings. The average Bonchev–Trinajstić information content (AvgIpc) is 3.27. The molecule has 3 rings (SSSR count).